The van der Waals surface area contributed by atoms with Gasteiger partial charge in [0.05, 0.1) is 5.75 Å². The van der Waals surface area contributed by atoms with Gasteiger partial charge in [-0.25, -0.2) is 0 Å². The van der Waals surface area contributed by atoms with E-state index in [-0.39, 0.29) is 11.8 Å². The van der Waals surface area contributed by atoms with Gasteiger partial charge in [0.2, 0.25) is 11.8 Å². The van der Waals surface area contributed by atoms with Gasteiger partial charge in [0.25, 0.3) is 0 Å². The predicted molar refractivity (Wildman–Crippen MR) is 122 cm³/mol. The molecule has 0 saturated carbocycles. The Morgan fingerprint density at radius 3 is 2.45 bits per heavy atom. The van der Waals surface area contributed by atoms with Crippen LogP contribution in [0.1, 0.15) is 37.8 Å². The van der Waals surface area contributed by atoms with Crippen LogP contribution in [-0.4, -0.2) is 35.1 Å². The van der Waals surface area contributed by atoms with E-state index in [0.717, 1.165) is 17.5 Å². The summed E-state index contributed by atoms with van der Waals surface area (Å²) in [5.74, 6) is 0.902. The highest BCUT2D eigenvalue weighted by Gasteiger charge is 2.28. The Balaban J connectivity index is 2.07. The molecule has 0 aliphatic rings. The lowest BCUT2D eigenvalue weighted by atomic mass is 10.1. The molecule has 29 heavy (non-hydrogen) atoms. The monoisotopic (exact) mass is 432 g/mol. The molecule has 2 rings (SSSR count). The number of carbonyl (C=O) groups excluding carboxylic acids is 2. The predicted octanol–water partition coefficient (Wildman–Crippen LogP) is 4.91. The molecule has 2 amide bonds. The summed E-state index contributed by atoms with van der Waals surface area (Å²) in [6.45, 7) is 5.00. The van der Waals surface area contributed by atoms with Crippen LogP contribution >= 0.6 is 23.4 Å². The number of rotatable bonds is 11. The normalized spacial score (nSPS) is 11.7. The Hall–Kier alpha value is -1.98. The topological polar surface area (TPSA) is 49.4 Å². The maximum absolute atomic E-state index is 13.1. The Kier molecular flexibility index (Phi) is 10.1. The Bertz CT molecular complexity index is 785. The van der Waals surface area contributed by atoms with Crippen LogP contribution in [0.5, 0.6) is 0 Å². The third kappa shape index (κ3) is 7.75. The minimum absolute atomic E-state index is 0.0284. The number of hydrogen-bond acceptors (Lipinski definition) is 3. The lowest BCUT2D eigenvalue weighted by Gasteiger charge is -2.30. The van der Waals surface area contributed by atoms with E-state index < -0.39 is 6.04 Å². The lowest BCUT2D eigenvalue weighted by molar-refractivity contribution is -0.139. The maximum atomic E-state index is 13.1. The largest absolute Gasteiger partial charge is 0.354 e. The van der Waals surface area contributed by atoms with Crippen molar-refractivity contribution < 1.29 is 9.59 Å². The number of hydrogen-bond donors (Lipinski definition) is 1. The van der Waals surface area contributed by atoms with Gasteiger partial charge in [-0.05, 0) is 36.1 Å². The van der Waals surface area contributed by atoms with Gasteiger partial charge in [-0.15, -0.1) is 11.8 Å². The van der Waals surface area contributed by atoms with Crippen LogP contribution < -0.4 is 5.32 Å². The Morgan fingerprint density at radius 2 is 1.79 bits per heavy atom. The minimum Gasteiger partial charge on any atom is -0.354 e. The Labute approximate surface area is 183 Å². The van der Waals surface area contributed by atoms with E-state index >= 15 is 0 Å². The number of carbonyl (C=O) groups is 2. The summed E-state index contributed by atoms with van der Waals surface area (Å²) in [6.07, 6.45) is 1.44. The van der Waals surface area contributed by atoms with Crippen molar-refractivity contribution in [3.63, 3.8) is 0 Å². The smallest absolute Gasteiger partial charge is 0.242 e. The van der Waals surface area contributed by atoms with E-state index in [9.17, 15) is 9.59 Å². The average Bonchev–Trinajstić information content (AvgIpc) is 2.72. The lowest BCUT2D eigenvalue weighted by Crippen LogP contribution is -2.49. The second-order valence-electron chi connectivity index (χ2n) is 6.85. The SMILES string of the molecule is CCCNC(=O)C(CC)N(Cc1ccccc1)C(=O)CSCc1cccc(Cl)c1. The molecule has 156 valence electrons. The van der Waals surface area contributed by atoms with Gasteiger partial charge < -0.3 is 10.2 Å². The third-order valence-electron chi connectivity index (χ3n) is 4.51. The van der Waals surface area contributed by atoms with Crippen molar-refractivity contribution in [1.82, 2.24) is 10.2 Å². The zero-order valence-corrected chi connectivity index (χ0v) is 18.6. The minimum atomic E-state index is -0.471. The van der Waals surface area contributed by atoms with Gasteiger partial charge in [-0.3, -0.25) is 9.59 Å². The molecule has 1 N–H and O–H groups in total. The molecule has 1 atom stereocenters. The van der Waals surface area contributed by atoms with Gasteiger partial charge in [0, 0.05) is 23.9 Å². The first-order valence-electron chi connectivity index (χ1n) is 9.98. The summed E-state index contributed by atoms with van der Waals surface area (Å²) < 4.78 is 0. The maximum Gasteiger partial charge on any atom is 0.242 e. The number of thioether (sulfide) groups is 1. The molecule has 2 aromatic carbocycles. The van der Waals surface area contributed by atoms with Gasteiger partial charge >= 0.3 is 0 Å². The van der Waals surface area contributed by atoms with E-state index in [1.54, 1.807) is 4.90 Å². The van der Waals surface area contributed by atoms with Crippen LogP contribution in [0, 0.1) is 0 Å². The molecule has 0 heterocycles. The summed E-state index contributed by atoms with van der Waals surface area (Å²) in [4.78, 5) is 27.5. The van der Waals surface area contributed by atoms with Crippen molar-refractivity contribution in [2.75, 3.05) is 12.3 Å². The fraction of sp³-hybridized carbons (Fsp3) is 0.391. The van der Waals surface area contributed by atoms with Crippen LogP contribution in [-0.2, 0) is 21.9 Å². The average molecular weight is 433 g/mol. The quantitative estimate of drug-likeness (QED) is 0.549. The number of benzene rings is 2. The number of nitrogens with zero attached hydrogens (tertiary/aromatic N) is 1. The molecule has 0 aliphatic carbocycles. The van der Waals surface area contributed by atoms with Crippen molar-refractivity contribution in [1.29, 1.82) is 0 Å². The molecular weight excluding hydrogens is 404 g/mol. The fourth-order valence-electron chi connectivity index (χ4n) is 3.03. The summed E-state index contributed by atoms with van der Waals surface area (Å²) >= 11 is 7.57. The molecule has 1 unspecified atom stereocenters. The molecule has 2 aromatic rings. The van der Waals surface area contributed by atoms with Crippen molar-refractivity contribution in [2.45, 2.75) is 45.0 Å². The third-order valence-corrected chi connectivity index (χ3v) is 5.74. The molecule has 0 saturated heterocycles. The molecule has 0 spiro atoms. The molecule has 0 radical (unpaired) electrons. The summed E-state index contributed by atoms with van der Waals surface area (Å²) in [5.41, 5.74) is 2.10. The molecule has 0 bridgehead atoms. The molecule has 0 aliphatic heterocycles. The number of halogens is 1. The van der Waals surface area contributed by atoms with Gasteiger partial charge in [-0.1, -0.05) is 67.9 Å². The van der Waals surface area contributed by atoms with E-state index in [1.807, 2.05) is 68.4 Å². The van der Waals surface area contributed by atoms with Crippen LogP contribution in [0.4, 0.5) is 0 Å². The highest BCUT2D eigenvalue weighted by atomic mass is 35.5. The summed E-state index contributed by atoms with van der Waals surface area (Å²) in [6, 6.07) is 17.0. The molecule has 6 heteroatoms. The first kappa shape index (κ1) is 23.3. The van der Waals surface area contributed by atoms with E-state index in [0.29, 0.717) is 36.0 Å². The molecule has 4 nitrogen and oxygen atoms in total. The van der Waals surface area contributed by atoms with Gasteiger partial charge in [0.15, 0.2) is 0 Å². The fourth-order valence-corrected chi connectivity index (χ4v) is 4.10. The van der Waals surface area contributed by atoms with Crippen molar-refractivity contribution in [2.24, 2.45) is 0 Å². The Morgan fingerprint density at radius 1 is 1.07 bits per heavy atom. The number of nitrogens with one attached hydrogen (secondary N) is 1. The second kappa shape index (κ2) is 12.6. The standard InChI is InChI=1S/C23H29ClN2O2S/c1-3-13-25-23(28)21(4-2)26(15-18-9-6-5-7-10-18)22(27)17-29-16-19-11-8-12-20(24)14-19/h5-12,14,21H,3-4,13,15-17H2,1-2H3,(H,25,28). The highest BCUT2D eigenvalue weighted by Crippen LogP contribution is 2.19. The van der Waals surface area contributed by atoms with Crippen molar-refractivity contribution in [3.8, 4) is 0 Å². The second-order valence-corrected chi connectivity index (χ2v) is 8.27. The van der Waals surface area contributed by atoms with Crippen LogP contribution in [0.25, 0.3) is 0 Å². The molecule has 0 fully saturated rings. The van der Waals surface area contributed by atoms with Crippen molar-refractivity contribution in [3.05, 3.63) is 70.7 Å². The summed E-state index contributed by atoms with van der Waals surface area (Å²) in [5, 5.41) is 3.63. The highest BCUT2D eigenvalue weighted by molar-refractivity contribution is 7.99. The summed E-state index contributed by atoms with van der Waals surface area (Å²) in [7, 11) is 0. The van der Waals surface area contributed by atoms with Crippen LogP contribution in [0.2, 0.25) is 5.02 Å². The van der Waals surface area contributed by atoms with Crippen LogP contribution in [0.15, 0.2) is 54.6 Å². The van der Waals surface area contributed by atoms with E-state index in [1.165, 1.54) is 11.8 Å². The number of amides is 2. The van der Waals surface area contributed by atoms with Crippen molar-refractivity contribution >= 4 is 35.2 Å². The first-order valence-corrected chi connectivity index (χ1v) is 11.5. The zero-order valence-electron chi connectivity index (χ0n) is 17.1. The van der Waals surface area contributed by atoms with E-state index in [2.05, 4.69) is 5.32 Å². The zero-order chi connectivity index (χ0) is 21.1. The van der Waals surface area contributed by atoms with Gasteiger partial charge in [0.1, 0.15) is 6.04 Å². The molecular formula is C23H29ClN2O2S. The van der Waals surface area contributed by atoms with Crippen LogP contribution in [0.3, 0.4) is 0 Å². The molecule has 0 aromatic heterocycles. The first-order chi connectivity index (χ1) is 14.0. The van der Waals surface area contributed by atoms with E-state index in [4.69, 9.17) is 11.6 Å². The van der Waals surface area contributed by atoms with Gasteiger partial charge in [-0.2, -0.15) is 0 Å².